The summed E-state index contributed by atoms with van der Waals surface area (Å²) in [7, 11) is 1.77. The molecule has 1 aliphatic heterocycles. The maximum absolute atomic E-state index is 6.23. The van der Waals surface area contributed by atoms with Crippen LogP contribution >= 0.6 is 11.6 Å². The van der Waals surface area contributed by atoms with Crippen molar-refractivity contribution in [1.29, 1.82) is 0 Å². The first-order valence-electron chi connectivity index (χ1n) is 5.29. The highest BCUT2D eigenvalue weighted by Crippen LogP contribution is 2.37. The largest absolute Gasteiger partial charge is 0.373 e. The van der Waals surface area contributed by atoms with Gasteiger partial charge < -0.3 is 10.1 Å². The van der Waals surface area contributed by atoms with Gasteiger partial charge in [-0.2, -0.15) is 0 Å². The zero-order valence-electron chi connectivity index (χ0n) is 8.92. The second kappa shape index (κ2) is 4.52. The summed E-state index contributed by atoms with van der Waals surface area (Å²) in [4.78, 5) is 0. The van der Waals surface area contributed by atoms with Crippen LogP contribution < -0.4 is 5.32 Å². The molecule has 82 valence electrons. The van der Waals surface area contributed by atoms with Crippen LogP contribution in [-0.4, -0.2) is 20.2 Å². The molecule has 1 saturated heterocycles. The van der Waals surface area contributed by atoms with Gasteiger partial charge in [0.2, 0.25) is 0 Å². The van der Waals surface area contributed by atoms with Gasteiger partial charge in [-0.15, -0.1) is 0 Å². The normalized spacial score (nSPS) is 20.1. The molecule has 2 nitrogen and oxygen atoms in total. The molecule has 1 aliphatic rings. The summed E-state index contributed by atoms with van der Waals surface area (Å²) in [5, 5.41) is 4.15. The maximum atomic E-state index is 6.23. The van der Waals surface area contributed by atoms with Gasteiger partial charge in [0, 0.05) is 17.7 Å². The second-order valence-electron chi connectivity index (χ2n) is 3.93. The molecule has 0 amide bonds. The Bertz CT molecular complexity index is 334. The molecule has 0 aliphatic carbocycles. The van der Waals surface area contributed by atoms with Crippen molar-refractivity contribution < 1.29 is 4.74 Å². The summed E-state index contributed by atoms with van der Waals surface area (Å²) in [5.41, 5.74) is 0.930. The van der Waals surface area contributed by atoms with Crippen LogP contribution in [0.2, 0.25) is 5.02 Å². The van der Waals surface area contributed by atoms with Gasteiger partial charge in [0.25, 0.3) is 0 Å². The molecule has 1 N–H and O–H groups in total. The highest BCUT2D eigenvalue weighted by Gasteiger charge is 2.35. The Hall–Kier alpha value is -0.570. The maximum Gasteiger partial charge on any atom is 0.0966 e. The molecule has 1 aromatic carbocycles. The lowest BCUT2D eigenvalue weighted by molar-refractivity contribution is -0.0390. The first kappa shape index (κ1) is 10.9. The van der Waals surface area contributed by atoms with E-state index < -0.39 is 0 Å². The molecule has 0 spiro atoms. The first-order valence-corrected chi connectivity index (χ1v) is 5.67. The number of rotatable bonds is 2. The average Bonchev–Trinajstić information content (AvgIpc) is 2.30. The SMILES string of the molecule is COC1(c2ccccc2Cl)CCNCC1. The second-order valence-corrected chi connectivity index (χ2v) is 4.34. The quantitative estimate of drug-likeness (QED) is 0.836. The van der Waals surface area contributed by atoms with Crippen molar-refractivity contribution in [3.05, 3.63) is 34.9 Å². The minimum atomic E-state index is -0.191. The number of methoxy groups -OCH3 is 1. The van der Waals surface area contributed by atoms with Gasteiger partial charge in [-0.3, -0.25) is 0 Å². The average molecular weight is 226 g/mol. The van der Waals surface area contributed by atoms with Gasteiger partial charge in [0.15, 0.2) is 0 Å². The van der Waals surface area contributed by atoms with Crippen LogP contribution in [0.1, 0.15) is 18.4 Å². The van der Waals surface area contributed by atoms with E-state index in [2.05, 4.69) is 11.4 Å². The lowest BCUT2D eigenvalue weighted by Crippen LogP contribution is -2.41. The van der Waals surface area contributed by atoms with E-state index in [-0.39, 0.29) is 5.60 Å². The van der Waals surface area contributed by atoms with E-state index in [0.29, 0.717) is 0 Å². The van der Waals surface area contributed by atoms with E-state index in [4.69, 9.17) is 16.3 Å². The highest BCUT2D eigenvalue weighted by molar-refractivity contribution is 6.31. The van der Waals surface area contributed by atoms with E-state index in [1.807, 2.05) is 18.2 Å². The molecule has 2 rings (SSSR count). The number of halogens is 1. The van der Waals surface area contributed by atoms with Gasteiger partial charge in [-0.05, 0) is 32.0 Å². The summed E-state index contributed by atoms with van der Waals surface area (Å²) in [5.74, 6) is 0. The van der Waals surface area contributed by atoms with E-state index in [0.717, 1.165) is 36.5 Å². The van der Waals surface area contributed by atoms with Crippen molar-refractivity contribution in [3.63, 3.8) is 0 Å². The Kier molecular flexibility index (Phi) is 3.29. The van der Waals surface area contributed by atoms with Crippen LogP contribution in [0.25, 0.3) is 0 Å². The summed E-state index contributed by atoms with van der Waals surface area (Å²) in [6.45, 7) is 1.97. The van der Waals surface area contributed by atoms with E-state index in [1.54, 1.807) is 7.11 Å². The monoisotopic (exact) mass is 225 g/mol. The third-order valence-electron chi connectivity index (χ3n) is 3.17. The standard InChI is InChI=1S/C12H16ClNO/c1-15-12(6-8-14-9-7-12)10-4-2-3-5-11(10)13/h2-5,14H,6-9H2,1H3. The van der Waals surface area contributed by atoms with E-state index in [9.17, 15) is 0 Å². The molecule has 0 unspecified atom stereocenters. The third kappa shape index (κ3) is 2.03. The summed E-state index contributed by atoms with van der Waals surface area (Å²) < 4.78 is 5.72. The predicted octanol–water partition coefficient (Wildman–Crippen LogP) is 2.57. The topological polar surface area (TPSA) is 21.3 Å². The fourth-order valence-electron chi connectivity index (χ4n) is 2.24. The van der Waals surface area contributed by atoms with Crippen LogP contribution in [-0.2, 0) is 10.3 Å². The van der Waals surface area contributed by atoms with Gasteiger partial charge in [-0.1, -0.05) is 29.8 Å². The Balaban J connectivity index is 2.36. The summed E-state index contributed by atoms with van der Waals surface area (Å²) in [6.07, 6.45) is 1.96. The molecule has 0 saturated carbocycles. The van der Waals surface area contributed by atoms with Crippen molar-refractivity contribution in [2.45, 2.75) is 18.4 Å². The molecule has 1 fully saturated rings. The molecule has 15 heavy (non-hydrogen) atoms. The number of piperidine rings is 1. The lowest BCUT2D eigenvalue weighted by Gasteiger charge is -2.37. The van der Waals surface area contributed by atoms with Crippen LogP contribution in [0.5, 0.6) is 0 Å². The van der Waals surface area contributed by atoms with Crippen molar-refractivity contribution >= 4 is 11.6 Å². The van der Waals surface area contributed by atoms with E-state index >= 15 is 0 Å². The molecule has 1 aromatic rings. The number of benzene rings is 1. The number of nitrogens with one attached hydrogen (secondary N) is 1. The van der Waals surface area contributed by atoms with Gasteiger partial charge in [0.1, 0.15) is 0 Å². The number of hydrogen-bond donors (Lipinski definition) is 1. The molecule has 1 heterocycles. The fourth-order valence-corrected chi connectivity index (χ4v) is 2.55. The van der Waals surface area contributed by atoms with Crippen LogP contribution in [0, 0.1) is 0 Å². The molecular weight excluding hydrogens is 210 g/mol. The Morgan fingerprint density at radius 3 is 2.53 bits per heavy atom. The lowest BCUT2D eigenvalue weighted by atomic mass is 9.85. The van der Waals surface area contributed by atoms with Crippen LogP contribution in [0.15, 0.2) is 24.3 Å². The van der Waals surface area contributed by atoms with Crippen LogP contribution in [0.3, 0.4) is 0 Å². The summed E-state index contributed by atoms with van der Waals surface area (Å²) in [6, 6.07) is 7.97. The molecule has 3 heteroatoms. The fraction of sp³-hybridized carbons (Fsp3) is 0.500. The van der Waals surface area contributed by atoms with Crippen LogP contribution in [0.4, 0.5) is 0 Å². The Labute approximate surface area is 95.6 Å². The van der Waals surface area contributed by atoms with E-state index in [1.165, 1.54) is 0 Å². The Morgan fingerprint density at radius 2 is 1.93 bits per heavy atom. The zero-order valence-corrected chi connectivity index (χ0v) is 9.68. The minimum absolute atomic E-state index is 0.191. The van der Waals surface area contributed by atoms with Crippen molar-refractivity contribution in [2.24, 2.45) is 0 Å². The number of hydrogen-bond acceptors (Lipinski definition) is 2. The van der Waals surface area contributed by atoms with Gasteiger partial charge in [-0.25, -0.2) is 0 Å². The van der Waals surface area contributed by atoms with Crippen molar-refractivity contribution in [3.8, 4) is 0 Å². The zero-order chi connectivity index (χ0) is 10.7. The highest BCUT2D eigenvalue weighted by atomic mass is 35.5. The van der Waals surface area contributed by atoms with Crippen molar-refractivity contribution in [1.82, 2.24) is 5.32 Å². The van der Waals surface area contributed by atoms with Gasteiger partial charge >= 0.3 is 0 Å². The third-order valence-corrected chi connectivity index (χ3v) is 3.50. The predicted molar refractivity (Wildman–Crippen MR) is 62.2 cm³/mol. The molecule has 0 atom stereocenters. The van der Waals surface area contributed by atoms with Gasteiger partial charge in [0.05, 0.1) is 5.60 Å². The molecular formula is C12H16ClNO. The molecule has 0 radical (unpaired) electrons. The molecule has 0 aromatic heterocycles. The number of ether oxygens (including phenoxy) is 1. The summed E-state index contributed by atoms with van der Waals surface area (Å²) >= 11 is 6.23. The first-order chi connectivity index (χ1) is 7.28. The molecule has 0 bridgehead atoms. The smallest absolute Gasteiger partial charge is 0.0966 e. The van der Waals surface area contributed by atoms with Crippen molar-refractivity contribution in [2.75, 3.05) is 20.2 Å². The minimum Gasteiger partial charge on any atom is -0.373 e. The Morgan fingerprint density at radius 1 is 1.27 bits per heavy atom.